The van der Waals surface area contributed by atoms with Crippen LogP contribution in [0, 0.1) is 0 Å². The van der Waals surface area contributed by atoms with E-state index in [0.29, 0.717) is 18.5 Å². The second-order valence-corrected chi connectivity index (χ2v) is 3.29. The Morgan fingerprint density at radius 2 is 2.00 bits per heavy atom. The van der Waals surface area contributed by atoms with Gasteiger partial charge in [-0.1, -0.05) is 15.9 Å². The zero-order valence-corrected chi connectivity index (χ0v) is 8.00. The molecule has 0 aliphatic rings. The van der Waals surface area contributed by atoms with Gasteiger partial charge in [0.15, 0.2) is 11.5 Å². The summed E-state index contributed by atoms with van der Waals surface area (Å²) in [6, 6.07) is 3.11. The highest BCUT2D eigenvalue weighted by molar-refractivity contribution is 9.10. The van der Waals surface area contributed by atoms with Gasteiger partial charge >= 0.3 is 0 Å². The summed E-state index contributed by atoms with van der Waals surface area (Å²) in [4.78, 5) is 0. The van der Waals surface area contributed by atoms with Crippen LogP contribution >= 0.6 is 15.9 Å². The predicted octanol–water partition coefficient (Wildman–Crippen LogP) is 1.36. The third-order valence-electron chi connectivity index (χ3n) is 1.60. The minimum atomic E-state index is -0.110. The van der Waals surface area contributed by atoms with Gasteiger partial charge in [0.25, 0.3) is 0 Å². The first kappa shape index (κ1) is 9.35. The predicted molar refractivity (Wildman–Crippen MR) is 50.2 cm³/mol. The highest BCUT2D eigenvalue weighted by atomic mass is 79.9. The fraction of sp³-hybridized carbons (Fsp3) is 0.250. The number of halogens is 1. The summed E-state index contributed by atoms with van der Waals surface area (Å²) in [6.45, 7) is 0.440. The molecule has 1 aromatic carbocycles. The summed E-state index contributed by atoms with van der Waals surface area (Å²) in [5.41, 5.74) is 5.99. The molecule has 3 nitrogen and oxygen atoms in total. The first-order valence-corrected chi connectivity index (χ1v) is 4.35. The van der Waals surface area contributed by atoms with Crippen LogP contribution in [-0.2, 0) is 6.42 Å². The van der Waals surface area contributed by atoms with Gasteiger partial charge in [-0.3, -0.25) is 0 Å². The van der Waals surface area contributed by atoms with E-state index in [0.717, 1.165) is 4.47 Å². The number of hydrogen-bond acceptors (Lipinski definition) is 3. The third kappa shape index (κ3) is 1.70. The van der Waals surface area contributed by atoms with E-state index in [2.05, 4.69) is 15.9 Å². The molecule has 0 aliphatic carbocycles. The van der Waals surface area contributed by atoms with Gasteiger partial charge in [-0.15, -0.1) is 0 Å². The maximum atomic E-state index is 9.37. The van der Waals surface area contributed by atoms with E-state index < -0.39 is 0 Å². The Labute approximate surface area is 79.0 Å². The minimum absolute atomic E-state index is 0.0881. The summed E-state index contributed by atoms with van der Waals surface area (Å²) in [7, 11) is 0. The van der Waals surface area contributed by atoms with Crippen LogP contribution in [0.2, 0.25) is 0 Å². The van der Waals surface area contributed by atoms with Crippen molar-refractivity contribution in [3.8, 4) is 11.5 Å². The lowest BCUT2D eigenvalue weighted by molar-refractivity contribution is 0.399. The SMILES string of the molecule is NCCc1c(Br)ccc(O)c1O. The maximum absolute atomic E-state index is 9.37. The van der Waals surface area contributed by atoms with E-state index >= 15 is 0 Å². The molecule has 0 aliphatic heterocycles. The van der Waals surface area contributed by atoms with Crippen molar-refractivity contribution >= 4 is 15.9 Å². The monoisotopic (exact) mass is 231 g/mol. The topological polar surface area (TPSA) is 66.5 Å². The summed E-state index contributed by atoms with van der Waals surface area (Å²) < 4.78 is 0.767. The van der Waals surface area contributed by atoms with E-state index in [9.17, 15) is 5.11 Å². The number of benzene rings is 1. The average molecular weight is 232 g/mol. The van der Waals surface area contributed by atoms with Gasteiger partial charge in [0.05, 0.1) is 0 Å². The number of aromatic hydroxyl groups is 2. The van der Waals surface area contributed by atoms with Crippen molar-refractivity contribution in [2.45, 2.75) is 6.42 Å². The van der Waals surface area contributed by atoms with Crippen molar-refractivity contribution in [3.63, 3.8) is 0 Å². The number of phenolic OH excluding ortho intramolecular Hbond substituents is 2. The first-order chi connectivity index (χ1) is 5.66. The fourth-order valence-corrected chi connectivity index (χ4v) is 1.50. The summed E-state index contributed by atoms with van der Waals surface area (Å²) in [5.74, 6) is -0.198. The fourth-order valence-electron chi connectivity index (χ4n) is 0.981. The Morgan fingerprint density at radius 3 is 2.58 bits per heavy atom. The van der Waals surface area contributed by atoms with Crippen LogP contribution in [-0.4, -0.2) is 16.8 Å². The van der Waals surface area contributed by atoms with Crippen LogP contribution < -0.4 is 5.73 Å². The molecule has 0 heterocycles. The zero-order chi connectivity index (χ0) is 9.14. The van der Waals surface area contributed by atoms with Crippen molar-refractivity contribution in [1.82, 2.24) is 0 Å². The third-order valence-corrected chi connectivity index (χ3v) is 2.34. The van der Waals surface area contributed by atoms with Crippen LogP contribution in [0.4, 0.5) is 0 Å². The molecular formula is C8H10BrNO2. The molecule has 1 rings (SSSR count). The minimum Gasteiger partial charge on any atom is -0.504 e. The van der Waals surface area contributed by atoms with Crippen molar-refractivity contribution in [2.75, 3.05) is 6.54 Å². The molecule has 0 amide bonds. The molecule has 0 unspecified atom stereocenters. The Morgan fingerprint density at radius 1 is 1.33 bits per heavy atom. The van der Waals surface area contributed by atoms with Crippen molar-refractivity contribution < 1.29 is 10.2 Å². The van der Waals surface area contributed by atoms with Gasteiger partial charge < -0.3 is 15.9 Å². The van der Waals surface area contributed by atoms with Gasteiger partial charge in [0, 0.05) is 10.0 Å². The lowest BCUT2D eigenvalue weighted by Gasteiger charge is -2.06. The molecule has 0 atom stereocenters. The molecule has 1 aromatic rings. The summed E-state index contributed by atoms with van der Waals surface area (Å²) in [6.07, 6.45) is 0.542. The molecule has 4 N–H and O–H groups in total. The Bertz CT molecular complexity index is 289. The van der Waals surface area contributed by atoms with Crippen LogP contribution in [0.25, 0.3) is 0 Å². The van der Waals surface area contributed by atoms with Crippen molar-refractivity contribution in [1.29, 1.82) is 0 Å². The molecule has 66 valence electrons. The number of nitrogens with two attached hydrogens (primary N) is 1. The van der Waals surface area contributed by atoms with Gasteiger partial charge in [-0.25, -0.2) is 0 Å². The standard InChI is InChI=1S/C8H10BrNO2/c9-6-1-2-7(11)8(12)5(6)3-4-10/h1-2,11-12H,3-4,10H2. The van der Waals surface area contributed by atoms with Gasteiger partial charge in [0.2, 0.25) is 0 Å². The average Bonchev–Trinajstić information content (AvgIpc) is 2.06. The molecule has 0 spiro atoms. The quantitative estimate of drug-likeness (QED) is 0.674. The van der Waals surface area contributed by atoms with Crippen LogP contribution in [0.1, 0.15) is 5.56 Å². The molecule has 0 fully saturated rings. The van der Waals surface area contributed by atoms with E-state index in [-0.39, 0.29) is 11.5 Å². The highest BCUT2D eigenvalue weighted by Crippen LogP contribution is 2.34. The smallest absolute Gasteiger partial charge is 0.161 e. The molecule has 12 heavy (non-hydrogen) atoms. The van der Waals surface area contributed by atoms with Gasteiger partial charge in [-0.05, 0) is 25.1 Å². The number of phenols is 2. The second kappa shape index (κ2) is 3.78. The van der Waals surface area contributed by atoms with Crippen LogP contribution in [0.3, 0.4) is 0 Å². The molecular weight excluding hydrogens is 222 g/mol. The number of hydrogen-bond donors (Lipinski definition) is 3. The maximum Gasteiger partial charge on any atom is 0.161 e. The van der Waals surface area contributed by atoms with E-state index in [1.807, 2.05) is 0 Å². The Hall–Kier alpha value is -0.740. The normalized spacial score (nSPS) is 10.2. The highest BCUT2D eigenvalue weighted by Gasteiger charge is 2.08. The zero-order valence-electron chi connectivity index (χ0n) is 6.42. The van der Waals surface area contributed by atoms with Gasteiger partial charge in [-0.2, -0.15) is 0 Å². The molecule has 0 saturated heterocycles. The molecule has 0 aromatic heterocycles. The van der Waals surface area contributed by atoms with Gasteiger partial charge in [0.1, 0.15) is 0 Å². The largest absolute Gasteiger partial charge is 0.504 e. The molecule has 0 radical (unpaired) electrons. The Kier molecular flexibility index (Phi) is 2.94. The lowest BCUT2D eigenvalue weighted by Crippen LogP contribution is -2.03. The summed E-state index contributed by atoms with van der Waals surface area (Å²) >= 11 is 3.26. The summed E-state index contributed by atoms with van der Waals surface area (Å²) in [5, 5.41) is 18.5. The number of rotatable bonds is 2. The van der Waals surface area contributed by atoms with E-state index in [1.54, 1.807) is 6.07 Å². The lowest BCUT2D eigenvalue weighted by atomic mass is 10.1. The van der Waals surface area contributed by atoms with Crippen LogP contribution in [0.15, 0.2) is 16.6 Å². The van der Waals surface area contributed by atoms with Crippen molar-refractivity contribution in [2.24, 2.45) is 5.73 Å². The molecule has 0 saturated carbocycles. The first-order valence-electron chi connectivity index (χ1n) is 3.56. The Balaban J connectivity index is 3.14. The molecule has 0 bridgehead atoms. The van der Waals surface area contributed by atoms with Crippen molar-refractivity contribution in [3.05, 3.63) is 22.2 Å². The molecule has 4 heteroatoms. The van der Waals surface area contributed by atoms with E-state index in [4.69, 9.17) is 10.8 Å². The van der Waals surface area contributed by atoms with E-state index in [1.165, 1.54) is 6.07 Å². The van der Waals surface area contributed by atoms with Crippen LogP contribution in [0.5, 0.6) is 11.5 Å². The second-order valence-electron chi connectivity index (χ2n) is 2.43.